The molecule has 1 saturated heterocycles. The largest absolute Gasteiger partial charge is 0.489 e. The Bertz CT molecular complexity index is 776. The van der Waals surface area contributed by atoms with Gasteiger partial charge in [0.15, 0.2) is 0 Å². The Kier molecular flexibility index (Phi) is 8.68. The van der Waals surface area contributed by atoms with E-state index in [1.54, 1.807) is 12.1 Å². The smallest absolute Gasteiger partial charge is 0.221 e. The Morgan fingerprint density at radius 2 is 1.70 bits per heavy atom. The molecule has 30 heavy (non-hydrogen) atoms. The van der Waals surface area contributed by atoms with Gasteiger partial charge in [0.2, 0.25) is 5.91 Å². The van der Waals surface area contributed by atoms with Crippen molar-refractivity contribution < 1.29 is 14.6 Å². The van der Waals surface area contributed by atoms with Crippen LogP contribution in [0.3, 0.4) is 0 Å². The molecule has 162 valence electrons. The number of benzene rings is 2. The molecular formula is C24H33N3O3. The van der Waals surface area contributed by atoms with Crippen LogP contribution in [0.1, 0.15) is 18.9 Å². The lowest BCUT2D eigenvalue weighted by molar-refractivity contribution is -0.114. The van der Waals surface area contributed by atoms with Gasteiger partial charge < -0.3 is 20.1 Å². The summed E-state index contributed by atoms with van der Waals surface area (Å²) in [5.74, 6) is 0.434. The molecule has 1 aliphatic rings. The minimum atomic E-state index is -0.569. The van der Waals surface area contributed by atoms with E-state index in [0.717, 1.165) is 39.1 Å². The number of hydrogen-bond donors (Lipinski definition) is 2. The highest BCUT2D eigenvalue weighted by molar-refractivity contribution is 5.90. The van der Waals surface area contributed by atoms with Crippen molar-refractivity contribution in [2.75, 3.05) is 51.2 Å². The van der Waals surface area contributed by atoms with E-state index in [2.05, 4.69) is 45.4 Å². The van der Waals surface area contributed by atoms with Gasteiger partial charge in [-0.25, -0.2) is 0 Å². The summed E-state index contributed by atoms with van der Waals surface area (Å²) >= 11 is 0. The van der Waals surface area contributed by atoms with Gasteiger partial charge in [0.1, 0.15) is 18.5 Å². The topological polar surface area (TPSA) is 65.0 Å². The number of aliphatic hydroxyl groups is 1. The number of aryl methyl sites for hydroxylation is 1. The number of carbonyl (C=O) groups excluding carboxylic acids is 1. The van der Waals surface area contributed by atoms with Crippen LogP contribution in [0.4, 0.5) is 5.69 Å². The quantitative estimate of drug-likeness (QED) is 0.629. The summed E-state index contributed by atoms with van der Waals surface area (Å²) in [4.78, 5) is 16.1. The van der Waals surface area contributed by atoms with Crippen LogP contribution in [0.15, 0.2) is 54.6 Å². The van der Waals surface area contributed by atoms with Gasteiger partial charge in [-0.05, 0) is 37.1 Å². The average molecular weight is 412 g/mol. The number of para-hydroxylation sites is 2. The van der Waals surface area contributed by atoms with Crippen molar-refractivity contribution in [1.29, 1.82) is 0 Å². The van der Waals surface area contributed by atoms with Gasteiger partial charge in [-0.3, -0.25) is 9.69 Å². The van der Waals surface area contributed by atoms with E-state index in [1.165, 1.54) is 18.9 Å². The highest BCUT2D eigenvalue weighted by Crippen LogP contribution is 2.23. The zero-order chi connectivity index (χ0) is 21.2. The lowest BCUT2D eigenvalue weighted by Gasteiger charge is -2.35. The van der Waals surface area contributed by atoms with Crippen molar-refractivity contribution in [1.82, 2.24) is 9.80 Å². The molecule has 1 atom stereocenters. The van der Waals surface area contributed by atoms with Gasteiger partial charge in [0.05, 0.1) is 5.69 Å². The third kappa shape index (κ3) is 7.44. The second-order valence-electron chi connectivity index (χ2n) is 7.87. The molecule has 1 fully saturated rings. The molecule has 0 bridgehead atoms. The van der Waals surface area contributed by atoms with Crippen LogP contribution < -0.4 is 10.1 Å². The van der Waals surface area contributed by atoms with Crippen molar-refractivity contribution in [3.05, 3.63) is 60.2 Å². The molecule has 1 amide bonds. The van der Waals surface area contributed by atoms with Gasteiger partial charge in [0, 0.05) is 39.6 Å². The molecule has 1 aliphatic heterocycles. The van der Waals surface area contributed by atoms with Crippen molar-refractivity contribution in [2.45, 2.75) is 25.9 Å². The SMILES string of the molecule is CC(=O)Nc1ccccc1OCC(O)CN1CCN(CCCc2ccccc2)CC1. The van der Waals surface area contributed by atoms with Crippen LogP contribution >= 0.6 is 0 Å². The van der Waals surface area contributed by atoms with Gasteiger partial charge in [-0.15, -0.1) is 0 Å². The zero-order valence-electron chi connectivity index (χ0n) is 17.8. The Morgan fingerprint density at radius 1 is 1.03 bits per heavy atom. The van der Waals surface area contributed by atoms with Crippen LogP contribution in [0.25, 0.3) is 0 Å². The first-order valence-electron chi connectivity index (χ1n) is 10.8. The molecule has 0 aromatic heterocycles. The number of anilines is 1. The van der Waals surface area contributed by atoms with Gasteiger partial charge in [-0.1, -0.05) is 42.5 Å². The molecule has 0 saturated carbocycles. The molecule has 0 spiro atoms. The van der Waals surface area contributed by atoms with E-state index < -0.39 is 6.10 Å². The molecule has 6 nitrogen and oxygen atoms in total. The number of β-amino-alcohol motifs (C(OH)–C–C–N with tert-alkyl or cyclic N) is 1. The zero-order valence-corrected chi connectivity index (χ0v) is 17.8. The van der Waals surface area contributed by atoms with E-state index in [0.29, 0.717) is 18.0 Å². The third-order valence-electron chi connectivity index (χ3n) is 5.35. The summed E-state index contributed by atoms with van der Waals surface area (Å²) in [6, 6.07) is 17.9. The molecule has 3 rings (SSSR count). The maximum atomic E-state index is 11.3. The average Bonchev–Trinajstić information content (AvgIpc) is 2.75. The van der Waals surface area contributed by atoms with Crippen molar-refractivity contribution >= 4 is 11.6 Å². The fourth-order valence-corrected chi connectivity index (χ4v) is 3.77. The lowest BCUT2D eigenvalue weighted by Crippen LogP contribution is -2.49. The number of piperazine rings is 1. The number of nitrogens with zero attached hydrogens (tertiary/aromatic N) is 2. The number of rotatable bonds is 10. The Hall–Kier alpha value is -2.41. The van der Waals surface area contributed by atoms with Crippen LogP contribution in [0.2, 0.25) is 0 Å². The Morgan fingerprint density at radius 3 is 2.43 bits per heavy atom. The first kappa shape index (κ1) is 22.3. The van der Waals surface area contributed by atoms with Gasteiger partial charge in [0.25, 0.3) is 0 Å². The van der Waals surface area contributed by atoms with E-state index in [9.17, 15) is 9.90 Å². The van der Waals surface area contributed by atoms with Crippen molar-refractivity contribution in [3.8, 4) is 5.75 Å². The molecule has 2 aromatic carbocycles. The molecule has 1 heterocycles. The van der Waals surface area contributed by atoms with E-state index in [4.69, 9.17) is 4.74 Å². The summed E-state index contributed by atoms with van der Waals surface area (Å²) in [7, 11) is 0. The number of amides is 1. The van der Waals surface area contributed by atoms with Gasteiger partial charge >= 0.3 is 0 Å². The molecule has 2 aromatic rings. The number of nitrogens with one attached hydrogen (secondary N) is 1. The molecule has 2 N–H and O–H groups in total. The van der Waals surface area contributed by atoms with Crippen molar-refractivity contribution in [3.63, 3.8) is 0 Å². The van der Waals surface area contributed by atoms with Gasteiger partial charge in [-0.2, -0.15) is 0 Å². The maximum absolute atomic E-state index is 11.3. The fourth-order valence-electron chi connectivity index (χ4n) is 3.77. The molecule has 1 unspecified atom stereocenters. The third-order valence-corrected chi connectivity index (χ3v) is 5.35. The summed E-state index contributed by atoms with van der Waals surface area (Å²) in [6.07, 6.45) is 1.73. The van der Waals surface area contributed by atoms with Crippen molar-refractivity contribution in [2.24, 2.45) is 0 Å². The molecule has 0 aliphatic carbocycles. The highest BCUT2D eigenvalue weighted by Gasteiger charge is 2.19. The maximum Gasteiger partial charge on any atom is 0.221 e. The van der Waals surface area contributed by atoms with Crippen LogP contribution in [-0.2, 0) is 11.2 Å². The summed E-state index contributed by atoms with van der Waals surface area (Å²) in [6.45, 7) is 7.38. The molecule has 6 heteroatoms. The van der Waals surface area contributed by atoms with Crippen LogP contribution in [0.5, 0.6) is 5.75 Å². The highest BCUT2D eigenvalue weighted by atomic mass is 16.5. The van der Waals surface area contributed by atoms with E-state index in [-0.39, 0.29) is 12.5 Å². The number of aliphatic hydroxyl groups excluding tert-OH is 1. The summed E-state index contributed by atoms with van der Waals surface area (Å²) < 4.78 is 5.76. The first-order chi connectivity index (χ1) is 14.6. The van der Waals surface area contributed by atoms with E-state index >= 15 is 0 Å². The number of hydrogen-bond acceptors (Lipinski definition) is 5. The second-order valence-corrected chi connectivity index (χ2v) is 7.87. The summed E-state index contributed by atoms with van der Waals surface area (Å²) in [5.41, 5.74) is 2.03. The summed E-state index contributed by atoms with van der Waals surface area (Å²) in [5, 5.41) is 13.2. The van der Waals surface area contributed by atoms with E-state index in [1.807, 2.05) is 12.1 Å². The Balaban J connectivity index is 1.33. The number of ether oxygens (including phenoxy) is 1. The minimum Gasteiger partial charge on any atom is -0.489 e. The first-order valence-corrected chi connectivity index (χ1v) is 10.8. The monoisotopic (exact) mass is 411 g/mol. The standard InChI is InChI=1S/C24H33N3O3/c1-20(28)25-23-11-5-6-12-24(23)30-19-22(29)18-27-16-14-26(15-17-27)13-7-10-21-8-3-2-4-9-21/h2-6,8-9,11-12,22,29H,7,10,13-19H2,1H3,(H,25,28). The van der Waals surface area contributed by atoms with Crippen LogP contribution in [-0.4, -0.2) is 72.8 Å². The predicted octanol–water partition coefficient (Wildman–Crippen LogP) is 2.64. The second kappa shape index (κ2) is 11.7. The lowest BCUT2D eigenvalue weighted by atomic mass is 10.1. The normalized spacial score (nSPS) is 16.2. The fraction of sp³-hybridized carbons (Fsp3) is 0.458. The van der Waals surface area contributed by atoms with Crippen LogP contribution in [0, 0.1) is 0 Å². The molecular weight excluding hydrogens is 378 g/mol. The number of carbonyl (C=O) groups is 1. The predicted molar refractivity (Wildman–Crippen MR) is 120 cm³/mol. The minimum absolute atomic E-state index is 0.145. The molecule has 0 radical (unpaired) electrons. The Labute approximate surface area is 179 Å².